The minimum absolute atomic E-state index is 0.0653. The molecule has 1 fully saturated rings. The van der Waals surface area contributed by atoms with Crippen molar-refractivity contribution in [2.75, 3.05) is 19.9 Å². The van der Waals surface area contributed by atoms with Gasteiger partial charge in [0, 0.05) is 10.6 Å². The van der Waals surface area contributed by atoms with E-state index in [0.29, 0.717) is 23.6 Å². The maximum Gasteiger partial charge on any atom is 0.430 e. The Balaban J connectivity index is 1.75. The van der Waals surface area contributed by atoms with Gasteiger partial charge >= 0.3 is 12.1 Å². The van der Waals surface area contributed by atoms with Crippen LogP contribution in [0.25, 0.3) is 6.08 Å². The van der Waals surface area contributed by atoms with Crippen molar-refractivity contribution < 1.29 is 42.4 Å². The molecule has 13 heteroatoms. The summed E-state index contributed by atoms with van der Waals surface area (Å²) < 4.78 is 50.7. The van der Waals surface area contributed by atoms with E-state index in [2.05, 4.69) is 10.1 Å². The molecule has 182 valence electrons. The number of halogens is 4. The first-order valence-corrected chi connectivity index (χ1v) is 10.3. The van der Waals surface area contributed by atoms with Crippen LogP contribution in [-0.4, -0.2) is 59.3 Å². The van der Waals surface area contributed by atoms with Gasteiger partial charge in [-0.15, -0.1) is 5.01 Å². The molecular formula is C20H23ClF3N3O6. The third kappa shape index (κ3) is 5.44. The van der Waals surface area contributed by atoms with Crippen molar-refractivity contribution in [3.8, 4) is 5.75 Å². The summed E-state index contributed by atoms with van der Waals surface area (Å²) in [5, 5.41) is 25.3. The highest BCUT2D eigenvalue weighted by Gasteiger charge is 2.49. The third-order valence-electron chi connectivity index (χ3n) is 5.19. The van der Waals surface area contributed by atoms with Crippen LogP contribution in [0.5, 0.6) is 5.75 Å². The number of aliphatic hydroxyl groups is 1. The monoisotopic (exact) mass is 493 g/mol. The zero-order valence-corrected chi connectivity index (χ0v) is 18.8. The Labute approximate surface area is 192 Å². The number of alkyl halides is 3. The molecule has 1 saturated heterocycles. The lowest BCUT2D eigenvalue weighted by Crippen LogP contribution is -2.53. The number of nitrogens with zero attached hydrogens (tertiary/aromatic N) is 3. The van der Waals surface area contributed by atoms with Gasteiger partial charge in [0.1, 0.15) is 11.8 Å². The molecule has 3 rings (SSSR count). The molecule has 0 bridgehead atoms. The zero-order valence-electron chi connectivity index (χ0n) is 18.1. The van der Waals surface area contributed by atoms with E-state index in [1.54, 1.807) is 0 Å². The lowest BCUT2D eigenvalue weighted by Gasteiger charge is -2.33. The molecule has 0 saturated carbocycles. The van der Waals surface area contributed by atoms with Crippen molar-refractivity contribution in [2.24, 2.45) is 5.28 Å². The third-order valence-corrected chi connectivity index (χ3v) is 5.51. The summed E-state index contributed by atoms with van der Waals surface area (Å²) in [6.45, 7) is 4.74. The molecule has 33 heavy (non-hydrogen) atoms. The van der Waals surface area contributed by atoms with Gasteiger partial charge in [-0.1, -0.05) is 32.4 Å². The molecule has 0 amide bonds. The van der Waals surface area contributed by atoms with Crippen LogP contribution < -0.4 is 4.74 Å². The molecular weight excluding hydrogens is 471 g/mol. The number of fused-ring (bicyclic) bond motifs is 1. The maximum absolute atomic E-state index is 13.6. The molecule has 2 aliphatic heterocycles. The summed E-state index contributed by atoms with van der Waals surface area (Å²) in [6.07, 6.45) is -5.88. The number of hydrogen-bond donors (Lipinski definition) is 1. The Morgan fingerprint density at radius 2 is 2.09 bits per heavy atom. The standard InChI is InChI=1S/C20H23ClF3N3O6/c1-19(2,3)14-8-16-11(7-15(14)21)6-13(17(33-16)20(22,23)24)18(29)31-10-32-25-27(30)26-5-4-12(26)9-28/h6-8,12,17,28H,4-5,9-10H2,1-3H3/b27-25-/t12-,17-/m0/s1. The molecule has 0 unspecified atom stereocenters. The number of rotatable bonds is 6. The van der Waals surface area contributed by atoms with E-state index in [9.17, 15) is 23.2 Å². The molecule has 0 spiro atoms. The molecule has 0 radical (unpaired) electrons. The van der Waals surface area contributed by atoms with Gasteiger partial charge in [0.05, 0.1) is 23.7 Å². The molecule has 1 aromatic rings. The molecule has 1 aromatic carbocycles. The predicted molar refractivity (Wildman–Crippen MR) is 109 cm³/mol. The highest BCUT2D eigenvalue weighted by atomic mass is 35.5. The van der Waals surface area contributed by atoms with Crippen molar-refractivity contribution in [3.05, 3.63) is 39.1 Å². The lowest BCUT2D eigenvalue weighted by molar-refractivity contribution is -0.732. The van der Waals surface area contributed by atoms with Gasteiger partial charge in [-0.3, -0.25) is 0 Å². The fourth-order valence-corrected chi connectivity index (χ4v) is 3.78. The van der Waals surface area contributed by atoms with Gasteiger partial charge in [0.25, 0.3) is 6.79 Å². The van der Waals surface area contributed by atoms with Gasteiger partial charge in [0.15, 0.2) is 0 Å². The van der Waals surface area contributed by atoms with E-state index < -0.39 is 42.1 Å². The highest BCUT2D eigenvalue weighted by Crippen LogP contribution is 2.42. The normalized spacial score (nSPS) is 20.9. The van der Waals surface area contributed by atoms with E-state index in [1.807, 2.05) is 20.8 Å². The number of esters is 1. The van der Waals surface area contributed by atoms with Crippen LogP contribution in [0.2, 0.25) is 5.02 Å². The smallest absolute Gasteiger partial charge is 0.430 e. The first-order valence-electron chi connectivity index (χ1n) is 9.96. The lowest BCUT2D eigenvalue weighted by atomic mass is 9.85. The largest absolute Gasteiger partial charge is 0.569 e. The number of hydrogen-bond acceptors (Lipinski definition) is 7. The van der Waals surface area contributed by atoms with Gasteiger partial charge in [0.2, 0.25) is 11.4 Å². The summed E-state index contributed by atoms with van der Waals surface area (Å²) >= 11 is 6.28. The molecule has 0 aliphatic carbocycles. The van der Waals surface area contributed by atoms with Gasteiger partial charge in [-0.2, -0.15) is 13.2 Å². The molecule has 2 aliphatic rings. The summed E-state index contributed by atoms with van der Waals surface area (Å²) in [5.41, 5.74) is -0.480. The van der Waals surface area contributed by atoms with Gasteiger partial charge in [-0.25, -0.2) is 4.79 Å². The average molecular weight is 494 g/mol. The maximum atomic E-state index is 13.6. The summed E-state index contributed by atoms with van der Waals surface area (Å²) in [4.78, 5) is 17.0. The van der Waals surface area contributed by atoms with Gasteiger partial charge < -0.3 is 24.6 Å². The summed E-state index contributed by atoms with van der Waals surface area (Å²) in [7, 11) is 0. The predicted octanol–water partition coefficient (Wildman–Crippen LogP) is 3.72. The van der Waals surface area contributed by atoms with Crippen molar-refractivity contribution in [3.63, 3.8) is 0 Å². The average Bonchev–Trinajstić information content (AvgIpc) is 2.67. The quantitative estimate of drug-likeness (QED) is 0.161. The fraction of sp³-hybridized carbons (Fsp3) is 0.550. The number of aliphatic hydroxyl groups excluding tert-OH is 1. The second kappa shape index (κ2) is 9.26. The molecule has 9 nitrogen and oxygen atoms in total. The van der Waals surface area contributed by atoms with Crippen LogP contribution in [-0.2, 0) is 19.8 Å². The number of carbonyl (C=O) groups excluding carboxylic acids is 1. The summed E-state index contributed by atoms with van der Waals surface area (Å²) in [5.74, 6) is -1.42. The Morgan fingerprint density at radius 3 is 2.64 bits per heavy atom. The fourth-order valence-electron chi connectivity index (χ4n) is 3.32. The van der Waals surface area contributed by atoms with Crippen LogP contribution in [0.3, 0.4) is 0 Å². The zero-order chi connectivity index (χ0) is 24.6. The topological polar surface area (TPSA) is 107 Å². The molecule has 1 N–H and O–H groups in total. The van der Waals surface area contributed by atoms with Crippen LogP contribution >= 0.6 is 11.6 Å². The van der Waals surface area contributed by atoms with Crippen LogP contribution in [0, 0.1) is 5.21 Å². The van der Waals surface area contributed by atoms with E-state index >= 15 is 0 Å². The van der Waals surface area contributed by atoms with Crippen molar-refractivity contribution in [1.29, 1.82) is 0 Å². The number of carbonyl (C=O) groups is 1. The Hall–Kier alpha value is -2.73. The SMILES string of the molecule is CC(C)(C)c1cc2c(cc1Cl)C=C(C(=O)OCO/N=[N+](\[O-])N1CC[C@H]1CO)[C@@H](C(F)(F)F)O2. The van der Waals surface area contributed by atoms with E-state index in [4.69, 9.17) is 26.2 Å². The second-order valence-electron chi connectivity index (χ2n) is 8.56. The first kappa shape index (κ1) is 24.9. The second-order valence-corrected chi connectivity index (χ2v) is 8.97. The Morgan fingerprint density at radius 1 is 1.39 bits per heavy atom. The first-order chi connectivity index (χ1) is 15.3. The molecule has 2 atom stereocenters. The van der Waals surface area contributed by atoms with Crippen LogP contribution in [0.4, 0.5) is 13.2 Å². The van der Waals surface area contributed by atoms with E-state index in [-0.39, 0.29) is 22.9 Å². The Bertz CT molecular complexity index is 975. The van der Waals surface area contributed by atoms with Crippen LogP contribution in [0.1, 0.15) is 38.3 Å². The van der Waals surface area contributed by atoms with Crippen molar-refractivity contribution >= 4 is 23.6 Å². The number of benzene rings is 1. The number of ether oxygens (including phenoxy) is 2. The van der Waals surface area contributed by atoms with E-state index in [0.717, 1.165) is 11.1 Å². The number of hydrazine groups is 1. The van der Waals surface area contributed by atoms with Gasteiger partial charge in [-0.05, 0) is 35.6 Å². The Kier molecular flexibility index (Phi) is 6.99. The highest BCUT2D eigenvalue weighted by molar-refractivity contribution is 6.31. The minimum Gasteiger partial charge on any atom is -0.569 e. The minimum atomic E-state index is -4.90. The van der Waals surface area contributed by atoms with Crippen molar-refractivity contribution in [1.82, 2.24) is 5.01 Å². The molecule has 0 aromatic heterocycles. The van der Waals surface area contributed by atoms with Crippen LogP contribution in [0.15, 0.2) is 23.0 Å². The van der Waals surface area contributed by atoms with E-state index in [1.165, 1.54) is 12.1 Å². The summed E-state index contributed by atoms with van der Waals surface area (Å²) in [6, 6.07) is 2.44. The molecule has 2 heterocycles. The van der Waals surface area contributed by atoms with Crippen molar-refractivity contribution in [2.45, 2.75) is 50.9 Å².